The Morgan fingerprint density at radius 1 is 1.33 bits per heavy atom. The number of thiophene rings is 1. The molecule has 0 atom stereocenters. The minimum absolute atomic E-state index is 0.122. The van der Waals surface area contributed by atoms with Gasteiger partial charge < -0.3 is 14.3 Å². The molecule has 0 fully saturated rings. The first-order valence-electron chi connectivity index (χ1n) is 6.67. The fourth-order valence-electron chi connectivity index (χ4n) is 2.26. The highest BCUT2D eigenvalue weighted by molar-refractivity contribution is 7.71. The van der Waals surface area contributed by atoms with Gasteiger partial charge in [0.15, 0.2) is 4.77 Å². The molecule has 0 bridgehead atoms. The summed E-state index contributed by atoms with van der Waals surface area (Å²) in [6.45, 7) is 4.73. The Kier molecular flexibility index (Phi) is 4.06. The van der Waals surface area contributed by atoms with Crippen LogP contribution in [-0.4, -0.2) is 15.7 Å². The third-order valence-electron chi connectivity index (χ3n) is 3.08. The number of nitrogens with zero attached hydrogens (tertiary/aromatic N) is 1. The maximum Gasteiger partial charge on any atom is 0.178 e. The zero-order valence-electron chi connectivity index (χ0n) is 11.7. The molecule has 2 heterocycles. The first kappa shape index (κ1) is 14.6. The highest BCUT2D eigenvalue weighted by atomic mass is 35.5. The molecule has 0 spiro atoms. The Bertz CT molecular complexity index is 832. The summed E-state index contributed by atoms with van der Waals surface area (Å²) < 4.78 is 9.39. The van der Waals surface area contributed by atoms with Gasteiger partial charge in [0.1, 0.15) is 11.3 Å². The quantitative estimate of drug-likeness (QED) is 0.658. The van der Waals surface area contributed by atoms with E-state index in [1.807, 2.05) is 44.2 Å². The van der Waals surface area contributed by atoms with Crippen LogP contribution in [0.4, 0.5) is 0 Å². The topological polar surface area (TPSA) is 29.9 Å². The van der Waals surface area contributed by atoms with E-state index in [1.54, 1.807) is 11.3 Å². The molecule has 0 radical (unpaired) electrons. The van der Waals surface area contributed by atoms with Crippen LogP contribution in [0.2, 0.25) is 4.34 Å². The van der Waals surface area contributed by atoms with Crippen molar-refractivity contribution >= 4 is 46.2 Å². The summed E-state index contributed by atoms with van der Waals surface area (Å²) in [6.07, 6.45) is 0.122. The summed E-state index contributed by atoms with van der Waals surface area (Å²) >= 11 is 13.0. The van der Waals surface area contributed by atoms with Gasteiger partial charge in [0.2, 0.25) is 0 Å². The molecule has 0 saturated carbocycles. The second kappa shape index (κ2) is 5.83. The molecular formula is C15H15ClN2OS2. The van der Waals surface area contributed by atoms with Crippen LogP contribution in [-0.2, 0) is 6.54 Å². The van der Waals surface area contributed by atoms with Gasteiger partial charge in [-0.25, -0.2) is 0 Å². The number of benzene rings is 1. The van der Waals surface area contributed by atoms with Crippen LogP contribution in [0.3, 0.4) is 0 Å². The number of aromatic nitrogens is 2. The average molecular weight is 339 g/mol. The van der Waals surface area contributed by atoms with Crippen molar-refractivity contribution in [2.24, 2.45) is 0 Å². The molecule has 6 heteroatoms. The lowest BCUT2D eigenvalue weighted by Crippen LogP contribution is -2.05. The highest BCUT2D eigenvalue weighted by Gasteiger charge is 2.11. The molecule has 0 saturated heterocycles. The molecule has 0 aliphatic heterocycles. The molecule has 1 aromatic carbocycles. The predicted molar refractivity (Wildman–Crippen MR) is 91.3 cm³/mol. The fraction of sp³-hybridized carbons (Fsp3) is 0.267. The van der Waals surface area contributed by atoms with E-state index in [1.165, 1.54) is 4.88 Å². The molecule has 0 unspecified atom stereocenters. The number of rotatable bonds is 4. The van der Waals surface area contributed by atoms with Crippen molar-refractivity contribution in [2.75, 3.05) is 0 Å². The summed E-state index contributed by atoms with van der Waals surface area (Å²) in [5.74, 6) is 0.830. The lowest BCUT2D eigenvalue weighted by Gasteiger charge is -2.10. The van der Waals surface area contributed by atoms with Crippen molar-refractivity contribution in [1.29, 1.82) is 0 Å². The Morgan fingerprint density at radius 2 is 2.14 bits per heavy atom. The molecule has 3 rings (SSSR count). The molecule has 3 aromatic rings. The van der Waals surface area contributed by atoms with Gasteiger partial charge in [0.05, 0.1) is 22.5 Å². The minimum atomic E-state index is 0.122. The van der Waals surface area contributed by atoms with Crippen molar-refractivity contribution in [3.8, 4) is 5.75 Å². The maximum absolute atomic E-state index is 6.00. The molecule has 2 aromatic heterocycles. The maximum atomic E-state index is 6.00. The fourth-order valence-corrected chi connectivity index (χ4v) is 3.60. The number of H-pyrrole nitrogens is 1. The van der Waals surface area contributed by atoms with E-state index in [9.17, 15) is 0 Å². The monoisotopic (exact) mass is 338 g/mol. The number of ether oxygens (including phenoxy) is 1. The van der Waals surface area contributed by atoms with E-state index in [2.05, 4.69) is 9.55 Å². The smallest absolute Gasteiger partial charge is 0.178 e. The van der Waals surface area contributed by atoms with Crippen LogP contribution < -0.4 is 4.74 Å². The summed E-state index contributed by atoms with van der Waals surface area (Å²) in [4.78, 5) is 4.43. The van der Waals surface area contributed by atoms with Crippen LogP contribution in [0.1, 0.15) is 18.7 Å². The van der Waals surface area contributed by atoms with Crippen LogP contribution in [0.5, 0.6) is 5.75 Å². The number of nitrogens with one attached hydrogen (secondary N) is 1. The highest BCUT2D eigenvalue weighted by Crippen LogP contribution is 2.28. The first-order chi connectivity index (χ1) is 10.0. The minimum Gasteiger partial charge on any atom is -0.489 e. The number of hydrogen-bond donors (Lipinski definition) is 1. The molecule has 0 aliphatic carbocycles. The molecule has 21 heavy (non-hydrogen) atoms. The van der Waals surface area contributed by atoms with Gasteiger partial charge in [0.25, 0.3) is 0 Å². The summed E-state index contributed by atoms with van der Waals surface area (Å²) in [7, 11) is 0. The predicted octanol–water partition coefficient (Wildman–Crippen LogP) is 5.25. The SMILES string of the molecule is CC(C)Oc1cccc2c1[nH]c(=S)n2Cc1ccc(Cl)s1. The van der Waals surface area contributed by atoms with Crippen molar-refractivity contribution in [1.82, 2.24) is 9.55 Å². The first-order valence-corrected chi connectivity index (χ1v) is 8.27. The number of halogens is 1. The van der Waals surface area contributed by atoms with E-state index in [0.717, 1.165) is 21.1 Å². The Balaban J connectivity index is 2.07. The Morgan fingerprint density at radius 3 is 2.81 bits per heavy atom. The van der Waals surface area contributed by atoms with Crippen molar-refractivity contribution in [3.05, 3.63) is 44.3 Å². The summed E-state index contributed by atoms with van der Waals surface area (Å²) in [5, 5.41) is 0. The van der Waals surface area contributed by atoms with E-state index in [4.69, 9.17) is 28.6 Å². The second-order valence-electron chi connectivity index (χ2n) is 5.04. The van der Waals surface area contributed by atoms with Gasteiger partial charge in [-0.1, -0.05) is 17.7 Å². The van der Waals surface area contributed by atoms with Crippen LogP contribution in [0, 0.1) is 4.77 Å². The summed E-state index contributed by atoms with van der Waals surface area (Å²) in [5.41, 5.74) is 1.99. The van der Waals surface area contributed by atoms with Gasteiger partial charge >= 0.3 is 0 Å². The number of para-hydroxylation sites is 1. The largest absolute Gasteiger partial charge is 0.489 e. The Labute approximate surface area is 137 Å². The van der Waals surface area contributed by atoms with Crippen LogP contribution >= 0.6 is 35.2 Å². The van der Waals surface area contributed by atoms with Gasteiger partial charge in [-0.15, -0.1) is 11.3 Å². The lowest BCUT2D eigenvalue weighted by molar-refractivity contribution is 0.245. The number of aromatic amines is 1. The summed E-state index contributed by atoms with van der Waals surface area (Å²) in [6, 6.07) is 9.93. The van der Waals surface area contributed by atoms with Crippen molar-refractivity contribution in [3.63, 3.8) is 0 Å². The molecular weight excluding hydrogens is 324 g/mol. The zero-order chi connectivity index (χ0) is 15.0. The second-order valence-corrected chi connectivity index (χ2v) is 7.23. The molecule has 0 aliphatic rings. The van der Waals surface area contributed by atoms with E-state index in [-0.39, 0.29) is 6.10 Å². The van der Waals surface area contributed by atoms with E-state index < -0.39 is 0 Å². The third kappa shape index (κ3) is 3.00. The average Bonchev–Trinajstić information content (AvgIpc) is 2.96. The molecule has 3 nitrogen and oxygen atoms in total. The number of hydrogen-bond acceptors (Lipinski definition) is 3. The van der Waals surface area contributed by atoms with E-state index >= 15 is 0 Å². The zero-order valence-corrected chi connectivity index (χ0v) is 14.1. The molecule has 110 valence electrons. The van der Waals surface area contributed by atoms with Crippen LogP contribution in [0.15, 0.2) is 30.3 Å². The van der Waals surface area contributed by atoms with Gasteiger partial charge in [-0.2, -0.15) is 0 Å². The third-order valence-corrected chi connectivity index (χ3v) is 4.62. The van der Waals surface area contributed by atoms with Crippen molar-refractivity contribution < 1.29 is 4.74 Å². The van der Waals surface area contributed by atoms with Gasteiger partial charge in [-0.3, -0.25) is 0 Å². The normalized spacial score (nSPS) is 11.4. The van der Waals surface area contributed by atoms with Crippen molar-refractivity contribution in [2.45, 2.75) is 26.5 Å². The standard InChI is InChI=1S/C15H15ClN2OS2/c1-9(2)19-12-5-3-4-11-14(12)17-15(20)18(11)8-10-6-7-13(16)21-10/h3-7,9H,8H2,1-2H3,(H,17,20). The number of imidazole rings is 1. The number of fused-ring (bicyclic) bond motifs is 1. The van der Waals surface area contributed by atoms with Gasteiger partial charge in [0, 0.05) is 4.88 Å². The van der Waals surface area contributed by atoms with E-state index in [0.29, 0.717) is 11.3 Å². The molecule has 0 amide bonds. The van der Waals surface area contributed by atoms with Crippen LogP contribution in [0.25, 0.3) is 11.0 Å². The van der Waals surface area contributed by atoms with Gasteiger partial charge in [-0.05, 0) is 50.3 Å². The molecule has 1 N–H and O–H groups in total. The lowest BCUT2D eigenvalue weighted by atomic mass is 10.3. The Hall–Kier alpha value is -1.30.